The summed E-state index contributed by atoms with van der Waals surface area (Å²) < 4.78 is 6.80. The average Bonchev–Trinajstić information content (AvgIpc) is 3.31. The molecule has 0 aliphatic rings. The molecule has 0 spiro atoms. The highest BCUT2D eigenvalue weighted by Crippen LogP contribution is 2.41. The van der Waals surface area contributed by atoms with Gasteiger partial charge in [0.2, 0.25) is 0 Å². The molecular formula is C40H54I6N6O17. The minimum atomic E-state index is -1.04. The minimum absolute atomic E-state index is 0.00853. The van der Waals surface area contributed by atoms with Gasteiger partial charge in [0.1, 0.15) is 13.2 Å². The molecule has 2 aromatic rings. The second-order valence-electron chi connectivity index (χ2n) is 14.1. The number of ether oxygens (including phenoxy) is 1. The third-order valence-corrected chi connectivity index (χ3v) is 16.2. The van der Waals surface area contributed by atoms with E-state index in [2.05, 4.69) is 0 Å². The number of halogens is 6. The molecule has 0 bridgehead atoms. The van der Waals surface area contributed by atoms with E-state index in [0.29, 0.717) is 0 Å². The van der Waals surface area contributed by atoms with Crippen molar-refractivity contribution in [3.63, 3.8) is 0 Å². The van der Waals surface area contributed by atoms with E-state index in [1.54, 1.807) is 45.2 Å². The first kappa shape index (κ1) is 64.3. The van der Waals surface area contributed by atoms with Gasteiger partial charge in [-0.3, -0.25) is 28.8 Å². The second kappa shape index (κ2) is 33.2. The van der Waals surface area contributed by atoms with Crippen molar-refractivity contribution in [1.29, 1.82) is 0 Å². The minimum Gasteiger partial charge on any atom is -0.395 e. The maximum Gasteiger partial charge on any atom is 0.256 e. The molecular weight excluding hydrogens is 1600 g/mol. The molecule has 10 N–H and O–H groups in total. The fourth-order valence-electron chi connectivity index (χ4n) is 6.69. The topological polar surface area (TPSA) is 333 Å². The first-order valence-electron chi connectivity index (χ1n) is 20.8. The van der Waals surface area contributed by atoms with Gasteiger partial charge in [-0.2, -0.15) is 0 Å². The van der Waals surface area contributed by atoms with Crippen LogP contribution >= 0.6 is 136 Å². The molecule has 0 aliphatic heterocycles. The molecule has 2 aromatic carbocycles. The molecule has 0 fully saturated rings. The van der Waals surface area contributed by atoms with E-state index < -0.39 is 102 Å². The Morgan fingerprint density at radius 3 is 0.710 bits per heavy atom. The second-order valence-corrected chi connectivity index (χ2v) is 20.5. The SMILES string of the molecule is O=C(c1c(I)c(C(=O)N(CCO)CCO)c(I)c(N(CCOCCN(C(=O)CO)c2c(I)c(C(=O)N(CCO)CCO)c(I)c(C(=O)N(CCO)CCO)c2I)C(=O)CO)c1I)N(CCO)CCO. The largest absolute Gasteiger partial charge is 0.395 e. The lowest BCUT2D eigenvalue weighted by Crippen LogP contribution is -2.42. The number of hydrogen-bond acceptors (Lipinski definition) is 17. The lowest BCUT2D eigenvalue weighted by atomic mass is 10.0. The van der Waals surface area contributed by atoms with Crippen LogP contribution in [-0.2, 0) is 14.3 Å². The van der Waals surface area contributed by atoms with Crippen LogP contribution in [0.5, 0.6) is 0 Å². The number of amides is 6. The van der Waals surface area contributed by atoms with Gasteiger partial charge in [-0.25, -0.2) is 0 Å². The number of anilines is 2. The molecule has 0 unspecified atom stereocenters. The van der Waals surface area contributed by atoms with Crippen molar-refractivity contribution in [1.82, 2.24) is 19.6 Å². The molecule has 29 heteroatoms. The zero-order valence-corrected chi connectivity index (χ0v) is 49.8. The molecule has 0 saturated carbocycles. The maximum atomic E-state index is 14.2. The van der Waals surface area contributed by atoms with Gasteiger partial charge in [-0.15, -0.1) is 0 Å². The first-order chi connectivity index (χ1) is 32.9. The molecule has 0 aliphatic carbocycles. The smallest absolute Gasteiger partial charge is 0.256 e. The van der Waals surface area contributed by atoms with E-state index >= 15 is 0 Å². The Kier molecular flexibility index (Phi) is 30.9. The highest BCUT2D eigenvalue weighted by molar-refractivity contribution is 14.1. The number of benzene rings is 2. The van der Waals surface area contributed by atoms with Crippen LogP contribution in [0, 0.1) is 21.4 Å². The fraction of sp³-hybridized carbons (Fsp3) is 0.550. The lowest BCUT2D eigenvalue weighted by Gasteiger charge is -2.31. The van der Waals surface area contributed by atoms with Crippen molar-refractivity contribution < 1.29 is 84.6 Å². The average molecular weight is 1650 g/mol. The third-order valence-electron chi connectivity index (χ3n) is 9.88. The summed E-state index contributed by atoms with van der Waals surface area (Å²) in [5, 5.41) is 98.4. The summed E-state index contributed by atoms with van der Waals surface area (Å²) in [7, 11) is 0. The number of carbonyl (C=O) groups is 6. The Hall–Kier alpha value is -0.800. The molecule has 0 saturated heterocycles. The molecule has 23 nitrogen and oxygen atoms in total. The number of aliphatic hydroxyl groups is 10. The molecule has 388 valence electrons. The van der Waals surface area contributed by atoms with Crippen LogP contribution in [-0.4, -0.2) is 251 Å². The monoisotopic (exact) mass is 1650 g/mol. The standard InChI is InChI=1S/C40H54I6N6O17/c41-29-25(37(65)47(1-11-53)2-12-54)31(43)35(32(44)26(29)38(66)48(3-13-55)4-14-56)51(23(63)21-61)9-19-69-20-10-52(24(64)22-62)36-33(45)27(39(67)49(5-15-57)6-16-58)30(42)28(34(36)46)40(68)50(7-17-59)8-18-60/h53-62H,1-22H2. The van der Waals surface area contributed by atoms with Gasteiger partial charge in [0, 0.05) is 72.6 Å². The van der Waals surface area contributed by atoms with Gasteiger partial charge in [0.15, 0.2) is 0 Å². The van der Waals surface area contributed by atoms with Crippen molar-refractivity contribution in [3.05, 3.63) is 43.7 Å². The highest BCUT2D eigenvalue weighted by atomic mass is 127. The normalized spacial score (nSPS) is 11.1. The van der Waals surface area contributed by atoms with E-state index in [1.807, 2.05) is 90.4 Å². The van der Waals surface area contributed by atoms with Crippen molar-refractivity contribution in [3.8, 4) is 0 Å². The van der Waals surface area contributed by atoms with Gasteiger partial charge >= 0.3 is 0 Å². The van der Waals surface area contributed by atoms with Crippen molar-refractivity contribution in [2.24, 2.45) is 0 Å². The van der Waals surface area contributed by atoms with E-state index in [9.17, 15) is 79.8 Å². The molecule has 2 rings (SSSR count). The van der Waals surface area contributed by atoms with Crippen LogP contribution in [0.25, 0.3) is 0 Å². The van der Waals surface area contributed by atoms with Gasteiger partial charge in [-0.1, -0.05) is 0 Å². The quantitative estimate of drug-likeness (QED) is 0.0311. The van der Waals surface area contributed by atoms with Gasteiger partial charge in [-0.05, 0) is 136 Å². The number of hydrogen-bond donors (Lipinski definition) is 10. The number of nitrogens with zero attached hydrogens (tertiary/aromatic N) is 6. The molecule has 0 atom stereocenters. The molecule has 0 heterocycles. The van der Waals surface area contributed by atoms with Crippen LogP contribution in [0.15, 0.2) is 0 Å². The van der Waals surface area contributed by atoms with Crippen LogP contribution in [0.4, 0.5) is 11.4 Å². The van der Waals surface area contributed by atoms with Crippen molar-refractivity contribution >= 4 is 182 Å². The van der Waals surface area contributed by atoms with Crippen LogP contribution in [0.2, 0.25) is 0 Å². The van der Waals surface area contributed by atoms with Crippen molar-refractivity contribution in [2.75, 3.05) is 155 Å². The van der Waals surface area contributed by atoms with E-state index in [0.717, 1.165) is 29.4 Å². The lowest BCUT2D eigenvalue weighted by molar-refractivity contribution is -0.121. The predicted octanol–water partition coefficient (Wildman–Crippen LogP) is -1.61. The maximum absolute atomic E-state index is 14.2. The highest BCUT2D eigenvalue weighted by Gasteiger charge is 2.37. The number of rotatable bonds is 30. The Morgan fingerprint density at radius 1 is 0.333 bits per heavy atom. The Balaban J connectivity index is 2.81. The number of carbonyl (C=O) groups excluding carboxylic acids is 6. The molecule has 6 amide bonds. The van der Waals surface area contributed by atoms with Crippen LogP contribution in [0.1, 0.15) is 41.4 Å². The van der Waals surface area contributed by atoms with Gasteiger partial charge in [0.05, 0.1) is 114 Å². The Bertz CT molecular complexity index is 1830. The van der Waals surface area contributed by atoms with Crippen molar-refractivity contribution in [2.45, 2.75) is 0 Å². The van der Waals surface area contributed by atoms with Crippen LogP contribution in [0.3, 0.4) is 0 Å². The first-order valence-corrected chi connectivity index (χ1v) is 27.2. The summed E-state index contributed by atoms with van der Waals surface area (Å²) in [4.78, 5) is 90.8. The molecule has 0 aromatic heterocycles. The summed E-state index contributed by atoms with van der Waals surface area (Å²) >= 11 is 10.9. The third kappa shape index (κ3) is 16.6. The van der Waals surface area contributed by atoms with Gasteiger partial charge < -0.3 is 85.2 Å². The van der Waals surface area contributed by atoms with E-state index in [1.165, 1.54) is 0 Å². The van der Waals surface area contributed by atoms with E-state index in [-0.39, 0.29) is 134 Å². The van der Waals surface area contributed by atoms with Gasteiger partial charge in [0.25, 0.3) is 35.4 Å². The summed E-state index contributed by atoms with van der Waals surface area (Å²) in [6.45, 7) is -8.78. The predicted molar refractivity (Wildman–Crippen MR) is 299 cm³/mol. The number of aliphatic hydroxyl groups excluding tert-OH is 10. The summed E-state index contributed by atoms with van der Waals surface area (Å²) in [5.74, 6) is -4.63. The summed E-state index contributed by atoms with van der Waals surface area (Å²) in [6.07, 6.45) is 0. The zero-order valence-electron chi connectivity index (χ0n) is 36.8. The Morgan fingerprint density at radius 2 is 0.536 bits per heavy atom. The van der Waals surface area contributed by atoms with Crippen LogP contribution < -0.4 is 9.80 Å². The summed E-state index contributed by atoms with van der Waals surface area (Å²) in [5.41, 5.74) is -0.302. The van der Waals surface area contributed by atoms with E-state index in [4.69, 9.17) is 4.74 Å². The zero-order chi connectivity index (χ0) is 52.1. The molecule has 0 radical (unpaired) electrons. The summed E-state index contributed by atoms with van der Waals surface area (Å²) in [6, 6.07) is 0. The fourth-order valence-corrected chi connectivity index (χ4v) is 16.0. The molecule has 69 heavy (non-hydrogen) atoms. The Labute approximate surface area is 479 Å².